The number of aromatic amines is 1. The molecule has 0 radical (unpaired) electrons. The van der Waals surface area contributed by atoms with Crippen molar-refractivity contribution in [2.24, 2.45) is 0 Å². The number of H-pyrrole nitrogens is 1. The van der Waals surface area contributed by atoms with E-state index in [-0.39, 0.29) is 11.6 Å². The Hall–Kier alpha value is -1.45. The number of nitrogens with one attached hydrogen (secondary N) is 2. The van der Waals surface area contributed by atoms with E-state index >= 15 is 0 Å². The van der Waals surface area contributed by atoms with Crippen LogP contribution >= 0.6 is 0 Å². The van der Waals surface area contributed by atoms with Gasteiger partial charge in [-0.05, 0) is 19.9 Å². The summed E-state index contributed by atoms with van der Waals surface area (Å²) in [6.45, 7) is 3.95. The van der Waals surface area contributed by atoms with E-state index in [1.54, 1.807) is 6.07 Å². The van der Waals surface area contributed by atoms with Crippen LogP contribution in [0.3, 0.4) is 0 Å². The summed E-state index contributed by atoms with van der Waals surface area (Å²) in [5, 5.41) is 3.03. The third kappa shape index (κ3) is 2.02. The van der Waals surface area contributed by atoms with Crippen LogP contribution in [0.1, 0.15) is 13.8 Å². The number of pyridine rings is 1. The standard InChI is InChI=1S/C8H13N3O/c1-5(2)10-8-6(9)3-4-7(12)11-8/h3-5H,9H2,1-2H3,(H2,10,11,12). The van der Waals surface area contributed by atoms with Gasteiger partial charge >= 0.3 is 0 Å². The molecule has 0 fully saturated rings. The molecule has 0 aliphatic rings. The number of hydrogen-bond acceptors (Lipinski definition) is 3. The minimum absolute atomic E-state index is 0.146. The molecular weight excluding hydrogens is 154 g/mol. The molecule has 0 bridgehead atoms. The maximum Gasteiger partial charge on any atom is 0.249 e. The third-order valence-corrected chi connectivity index (χ3v) is 1.38. The Labute approximate surface area is 70.8 Å². The predicted octanol–water partition coefficient (Wildman–Crippen LogP) is 0.777. The van der Waals surface area contributed by atoms with Crippen LogP contribution in [0, 0.1) is 0 Å². The van der Waals surface area contributed by atoms with Crippen LogP contribution in [-0.4, -0.2) is 11.0 Å². The van der Waals surface area contributed by atoms with Gasteiger partial charge in [0.25, 0.3) is 0 Å². The number of anilines is 2. The molecule has 0 aromatic carbocycles. The first kappa shape index (κ1) is 8.64. The predicted molar refractivity (Wildman–Crippen MR) is 50.2 cm³/mol. The lowest BCUT2D eigenvalue weighted by molar-refractivity contribution is 0.888. The van der Waals surface area contributed by atoms with Gasteiger partial charge in [-0.15, -0.1) is 0 Å². The van der Waals surface area contributed by atoms with Crippen LogP contribution in [0.4, 0.5) is 11.5 Å². The summed E-state index contributed by atoms with van der Waals surface area (Å²) in [7, 11) is 0. The van der Waals surface area contributed by atoms with Gasteiger partial charge in [-0.3, -0.25) is 4.79 Å². The second-order valence-corrected chi connectivity index (χ2v) is 2.95. The maximum atomic E-state index is 10.9. The molecule has 12 heavy (non-hydrogen) atoms. The molecule has 0 atom stereocenters. The second-order valence-electron chi connectivity index (χ2n) is 2.95. The fraction of sp³-hybridized carbons (Fsp3) is 0.375. The average molecular weight is 167 g/mol. The molecule has 1 aromatic rings. The molecular formula is C8H13N3O. The Morgan fingerprint density at radius 2 is 2.17 bits per heavy atom. The van der Waals surface area contributed by atoms with Crippen LogP contribution in [0.2, 0.25) is 0 Å². The van der Waals surface area contributed by atoms with E-state index in [4.69, 9.17) is 5.73 Å². The van der Waals surface area contributed by atoms with Crippen molar-refractivity contribution < 1.29 is 0 Å². The van der Waals surface area contributed by atoms with Crippen LogP contribution in [0.15, 0.2) is 16.9 Å². The number of hydrogen-bond donors (Lipinski definition) is 3. The van der Waals surface area contributed by atoms with Crippen LogP contribution in [0.25, 0.3) is 0 Å². The van der Waals surface area contributed by atoms with E-state index in [9.17, 15) is 4.79 Å². The number of nitrogen functional groups attached to an aromatic ring is 1. The smallest absolute Gasteiger partial charge is 0.249 e. The third-order valence-electron chi connectivity index (χ3n) is 1.38. The van der Waals surface area contributed by atoms with Crippen molar-refractivity contribution in [2.75, 3.05) is 11.1 Å². The van der Waals surface area contributed by atoms with Crippen molar-refractivity contribution in [3.63, 3.8) is 0 Å². The Balaban J connectivity index is 2.97. The van der Waals surface area contributed by atoms with Crippen LogP contribution < -0.4 is 16.6 Å². The summed E-state index contributed by atoms with van der Waals surface area (Å²) < 4.78 is 0. The highest BCUT2D eigenvalue weighted by Gasteiger charge is 1.99. The summed E-state index contributed by atoms with van der Waals surface area (Å²) in [6, 6.07) is 3.25. The van der Waals surface area contributed by atoms with Gasteiger partial charge in [0.15, 0.2) is 0 Å². The highest BCUT2D eigenvalue weighted by atomic mass is 16.1. The molecule has 0 aliphatic heterocycles. The molecule has 0 saturated heterocycles. The van der Waals surface area contributed by atoms with Gasteiger partial charge in [-0.2, -0.15) is 0 Å². The van der Waals surface area contributed by atoms with Gasteiger partial charge in [0.1, 0.15) is 5.82 Å². The maximum absolute atomic E-state index is 10.9. The molecule has 4 N–H and O–H groups in total. The van der Waals surface area contributed by atoms with Gasteiger partial charge in [-0.25, -0.2) is 0 Å². The van der Waals surface area contributed by atoms with E-state index < -0.39 is 0 Å². The van der Waals surface area contributed by atoms with E-state index in [0.717, 1.165) is 0 Å². The first-order valence-corrected chi connectivity index (χ1v) is 3.85. The fourth-order valence-corrected chi connectivity index (χ4v) is 0.894. The Bertz CT molecular complexity index is 316. The van der Waals surface area contributed by atoms with E-state index in [0.29, 0.717) is 11.5 Å². The largest absolute Gasteiger partial charge is 0.396 e. The van der Waals surface area contributed by atoms with Gasteiger partial charge < -0.3 is 16.0 Å². The molecule has 1 rings (SSSR count). The SMILES string of the molecule is CC(C)Nc1[nH]c(=O)ccc1N. The van der Waals surface area contributed by atoms with Gasteiger partial charge in [0.2, 0.25) is 5.56 Å². The normalized spacial score (nSPS) is 10.2. The van der Waals surface area contributed by atoms with Gasteiger partial charge in [-0.1, -0.05) is 0 Å². The van der Waals surface area contributed by atoms with Crippen molar-refractivity contribution in [3.05, 3.63) is 22.5 Å². The Morgan fingerprint density at radius 1 is 1.50 bits per heavy atom. The zero-order chi connectivity index (χ0) is 9.14. The van der Waals surface area contributed by atoms with E-state index in [1.807, 2.05) is 13.8 Å². The summed E-state index contributed by atoms with van der Waals surface area (Å²) >= 11 is 0. The molecule has 0 unspecified atom stereocenters. The van der Waals surface area contributed by atoms with Gasteiger partial charge in [0.05, 0.1) is 5.69 Å². The molecule has 1 aromatic heterocycles. The van der Waals surface area contributed by atoms with Crippen molar-refractivity contribution in [3.8, 4) is 0 Å². The lowest BCUT2D eigenvalue weighted by atomic mass is 10.3. The summed E-state index contributed by atoms with van der Waals surface area (Å²) in [5.74, 6) is 0.595. The van der Waals surface area contributed by atoms with Gasteiger partial charge in [0, 0.05) is 12.1 Å². The zero-order valence-corrected chi connectivity index (χ0v) is 7.22. The van der Waals surface area contributed by atoms with Crippen molar-refractivity contribution >= 4 is 11.5 Å². The molecule has 0 saturated carbocycles. The fourth-order valence-electron chi connectivity index (χ4n) is 0.894. The second kappa shape index (κ2) is 3.30. The number of aromatic nitrogens is 1. The first-order chi connectivity index (χ1) is 5.59. The van der Waals surface area contributed by atoms with E-state index in [1.165, 1.54) is 6.07 Å². The zero-order valence-electron chi connectivity index (χ0n) is 7.22. The molecule has 4 heteroatoms. The highest BCUT2D eigenvalue weighted by Crippen LogP contribution is 2.11. The summed E-state index contributed by atoms with van der Waals surface area (Å²) in [4.78, 5) is 13.5. The van der Waals surface area contributed by atoms with E-state index in [2.05, 4.69) is 10.3 Å². The topological polar surface area (TPSA) is 70.9 Å². The number of nitrogens with two attached hydrogens (primary N) is 1. The highest BCUT2D eigenvalue weighted by molar-refractivity contribution is 5.60. The molecule has 0 aliphatic carbocycles. The minimum atomic E-state index is -0.146. The van der Waals surface area contributed by atoms with Crippen molar-refractivity contribution in [1.29, 1.82) is 0 Å². The number of rotatable bonds is 2. The van der Waals surface area contributed by atoms with Crippen LogP contribution in [0.5, 0.6) is 0 Å². The molecule has 1 heterocycles. The Morgan fingerprint density at radius 3 is 2.75 bits per heavy atom. The minimum Gasteiger partial charge on any atom is -0.396 e. The average Bonchev–Trinajstić information content (AvgIpc) is 1.96. The molecule has 66 valence electrons. The molecule has 4 nitrogen and oxygen atoms in total. The lowest BCUT2D eigenvalue weighted by Crippen LogP contribution is -2.16. The van der Waals surface area contributed by atoms with Crippen molar-refractivity contribution in [1.82, 2.24) is 4.98 Å². The summed E-state index contributed by atoms with van der Waals surface area (Å²) in [5.41, 5.74) is 6.02. The quantitative estimate of drug-likeness (QED) is 0.609. The summed E-state index contributed by atoms with van der Waals surface area (Å²) in [6.07, 6.45) is 0. The van der Waals surface area contributed by atoms with Crippen LogP contribution in [-0.2, 0) is 0 Å². The molecule has 0 spiro atoms. The lowest BCUT2D eigenvalue weighted by Gasteiger charge is -2.10. The molecule has 0 amide bonds. The first-order valence-electron chi connectivity index (χ1n) is 3.85. The van der Waals surface area contributed by atoms with Crippen molar-refractivity contribution in [2.45, 2.75) is 19.9 Å². The Kier molecular flexibility index (Phi) is 2.38. The monoisotopic (exact) mass is 167 g/mol.